The van der Waals surface area contributed by atoms with E-state index in [0.717, 1.165) is 0 Å². The van der Waals surface area contributed by atoms with Gasteiger partial charge in [0.05, 0.1) is 6.61 Å². The van der Waals surface area contributed by atoms with Gasteiger partial charge in [0, 0.05) is 13.3 Å². The average molecular weight is 245 g/mol. The zero-order valence-electron chi connectivity index (χ0n) is 10.4. The van der Waals surface area contributed by atoms with Gasteiger partial charge in [-0.1, -0.05) is 13.8 Å². The van der Waals surface area contributed by atoms with E-state index >= 15 is 0 Å². The second kappa shape index (κ2) is 7.65. The van der Waals surface area contributed by atoms with Crippen LogP contribution >= 0.6 is 0 Å². The number of carboxylic acids is 1. The summed E-state index contributed by atoms with van der Waals surface area (Å²) in [6.07, 6.45) is 0.228. The molecule has 98 valence electrons. The summed E-state index contributed by atoms with van der Waals surface area (Å²) >= 11 is 0. The van der Waals surface area contributed by atoms with E-state index in [-0.39, 0.29) is 31.3 Å². The topological polar surface area (TPSA) is 92.7 Å². The van der Waals surface area contributed by atoms with Crippen molar-refractivity contribution >= 4 is 17.8 Å². The van der Waals surface area contributed by atoms with Crippen molar-refractivity contribution in [2.24, 2.45) is 5.92 Å². The van der Waals surface area contributed by atoms with Gasteiger partial charge < -0.3 is 15.2 Å². The van der Waals surface area contributed by atoms with Gasteiger partial charge in [-0.2, -0.15) is 0 Å². The Hall–Kier alpha value is -1.59. The van der Waals surface area contributed by atoms with Crippen LogP contribution in [0.2, 0.25) is 0 Å². The zero-order chi connectivity index (χ0) is 13.4. The molecule has 0 spiro atoms. The molecule has 0 fully saturated rings. The lowest BCUT2D eigenvalue weighted by atomic mass is 10.0. The first-order valence-electron chi connectivity index (χ1n) is 5.50. The third kappa shape index (κ3) is 7.32. The molecule has 1 atom stereocenters. The summed E-state index contributed by atoms with van der Waals surface area (Å²) < 4.78 is 4.90. The van der Waals surface area contributed by atoms with Gasteiger partial charge in [0.25, 0.3) is 0 Å². The number of aliphatic carboxylic acids is 1. The van der Waals surface area contributed by atoms with E-state index in [9.17, 15) is 14.4 Å². The Labute approximate surface area is 100 Å². The van der Waals surface area contributed by atoms with E-state index < -0.39 is 18.0 Å². The molecular weight excluding hydrogens is 226 g/mol. The normalized spacial score (nSPS) is 12.0. The van der Waals surface area contributed by atoms with E-state index in [0.29, 0.717) is 0 Å². The van der Waals surface area contributed by atoms with Gasteiger partial charge in [-0.3, -0.25) is 9.59 Å². The van der Waals surface area contributed by atoms with Crippen LogP contribution in [0, 0.1) is 5.92 Å². The molecule has 6 nitrogen and oxygen atoms in total. The molecule has 6 heteroatoms. The van der Waals surface area contributed by atoms with Crippen molar-refractivity contribution < 1.29 is 24.2 Å². The summed E-state index contributed by atoms with van der Waals surface area (Å²) in [5.74, 6) is -1.83. The van der Waals surface area contributed by atoms with E-state index in [4.69, 9.17) is 9.84 Å². The van der Waals surface area contributed by atoms with Gasteiger partial charge in [0.2, 0.25) is 5.91 Å². The predicted octanol–water partition coefficient (Wildman–Crippen LogP) is 0.555. The lowest BCUT2D eigenvalue weighted by molar-refractivity contribution is -0.150. The number of amides is 1. The van der Waals surface area contributed by atoms with Crippen molar-refractivity contribution in [3.05, 3.63) is 0 Å². The van der Waals surface area contributed by atoms with Crippen LogP contribution < -0.4 is 5.32 Å². The van der Waals surface area contributed by atoms with Crippen LogP contribution in [-0.4, -0.2) is 35.6 Å². The maximum atomic E-state index is 11.6. The maximum Gasteiger partial charge on any atom is 0.328 e. The highest BCUT2D eigenvalue weighted by Crippen LogP contribution is 2.04. The lowest BCUT2D eigenvalue weighted by Crippen LogP contribution is -2.44. The highest BCUT2D eigenvalue weighted by Gasteiger charge is 2.24. The predicted molar refractivity (Wildman–Crippen MR) is 60.3 cm³/mol. The molecule has 0 rings (SSSR count). The summed E-state index contributed by atoms with van der Waals surface area (Å²) in [6.45, 7) is 4.96. The summed E-state index contributed by atoms with van der Waals surface area (Å²) in [7, 11) is 0. The standard InChI is InChI=1S/C11H19NO5/c1-7(2)10(12-8(3)13)11(16)17-6-4-5-9(14)15/h7,10H,4-6H2,1-3H3,(H,12,13)(H,14,15)/t10-/m0/s1. The number of hydrogen-bond donors (Lipinski definition) is 2. The third-order valence-electron chi connectivity index (χ3n) is 2.06. The Morgan fingerprint density at radius 1 is 1.29 bits per heavy atom. The fourth-order valence-corrected chi connectivity index (χ4v) is 1.20. The van der Waals surface area contributed by atoms with Crippen LogP contribution in [0.4, 0.5) is 0 Å². The summed E-state index contributed by atoms with van der Waals surface area (Å²) in [5.41, 5.74) is 0. The molecule has 0 saturated carbocycles. The third-order valence-corrected chi connectivity index (χ3v) is 2.06. The number of carboxylic acid groups (broad SMARTS) is 1. The SMILES string of the molecule is CC(=O)N[C@H](C(=O)OCCCC(=O)O)C(C)C. The Morgan fingerprint density at radius 2 is 1.88 bits per heavy atom. The first kappa shape index (κ1) is 15.4. The molecule has 0 aliphatic heterocycles. The number of ether oxygens (including phenoxy) is 1. The molecule has 0 aromatic heterocycles. The summed E-state index contributed by atoms with van der Waals surface area (Å²) in [4.78, 5) is 32.7. The second-order valence-electron chi connectivity index (χ2n) is 4.09. The number of hydrogen-bond acceptors (Lipinski definition) is 4. The van der Waals surface area contributed by atoms with Gasteiger partial charge in [-0.25, -0.2) is 4.79 Å². The van der Waals surface area contributed by atoms with E-state index in [1.54, 1.807) is 13.8 Å². The monoisotopic (exact) mass is 245 g/mol. The number of carbonyl (C=O) groups is 3. The number of esters is 1. The smallest absolute Gasteiger partial charge is 0.328 e. The van der Waals surface area contributed by atoms with Gasteiger partial charge >= 0.3 is 11.9 Å². The average Bonchev–Trinajstić information content (AvgIpc) is 2.19. The molecule has 1 amide bonds. The number of rotatable bonds is 7. The Bertz CT molecular complexity index is 288. The minimum absolute atomic E-state index is 0.0419. The molecule has 0 aromatic carbocycles. The van der Waals surface area contributed by atoms with Gasteiger partial charge in [-0.15, -0.1) is 0 Å². The first-order chi connectivity index (χ1) is 7.84. The van der Waals surface area contributed by atoms with Crippen LogP contribution in [-0.2, 0) is 19.1 Å². The molecule has 0 aliphatic carbocycles. The Kier molecular flexibility index (Phi) is 6.93. The minimum Gasteiger partial charge on any atom is -0.481 e. The Morgan fingerprint density at radius 3 is 2.29 bits per heavy atom. The second-order valence-corrected chi connectivity index (χ2v) is 4.09. The van der Waals surface area contributed by atoms with Gasteiger partial charge in [0.15, 0.2) is 0 Å². The fraction of sp³-hybridized carbons (Fsp3) is 0.727. The fourth-order valence-electron chi connectivity index (χ4n) is 1.20. The molecule has 0 bridgehead atoms. The van der Waals surface area contributed by atoms with E-state index in [1.807, 2.05) is 0 Å². The lowest BCUT2D eigenvalue weighted by Gasteiger charge is -2.19. The quantitative estimate of drug-likeness (QED) is 0.505. The maximum absolute atomic E-state index is 11.6. The molecule has 2 N–H and O–H groups in total. The minimum atomic E-state index is -0.927. The molecule has 0 unspecified atom stereocenters. The molecular formula is C11H19NO5. The molecule has 17 heavy (non-hydrogen) atoms. The molecule has 0 heterocycles. The largest absolute Gasteiger partial charge is 0.481 e. The van der Waals surface area contributed by atoms with Crippen LogP contribution in [0.15, 0.2) is 0 Å². The van der Waals surface area contributed by atoms with Crippen molar-refractivity contribution in [1.29, 1.82) is 0 Å². The first-order valence-corrected chi connectivity index (χ1v) is 5.50. The number of carbonyl (C=O) groups excluding carboxylic acids is 2. The number of nitrogens with one attached hydrogen (secondary N) is 1. The molecule has 0 saturated heterocycles. The van der Waals surface area contributed by atoms with Crippen LogP contribution in [0.1, 0.15) is 33.6 Å². The van der Waals surface area contributed by atoms with Crippen molar-refractivity contribution in [1.82, 2.24) is 5.32 Å². The van der Waals surface area contributed by atoms with Crippen molar-refractivity contribution in [2.45, 2.75) is 39.7 Å². The van der Waals surface area contributed by atoms with E-state index in [1.165, 1.54) is 6.92 Å². The highest BCUT2D eigenvalue weighted by molar-refractivity contribution is 5.83. The Balaban J connectivity index is 4.06. The van der Waals surface area contributed by atoms with Crippen molar-refractivity contribution in [3.63, 3.8) is 0 Å². The van der Waals surface area contributed by atoms with Crippen LogP contribution in [0.25, 0.3) is 0 Å². The van der Waals surface area contributed by atoms with Gasteiger partial charge in [-0.05, 0) is 12.3 Å². The van der Waals surface area contributed by atoms with Crippen molar-refractivity contribution in [2.75, 3.05) is 6.61 Å². The molecule has 0 aromatic rings. The van der Waals surface area contributed by atoms with Crippen LogP contribution in [0.5, 0.6) is 0 Å². The van der Waals surface area contributed by atoms with Crippen LogP contribution in [0.3, 0.4) is 0 Å². The van der Waals surface area contributed by atoms with Gasteiger partial charge in [0.1, 0.15) is 6.04 Å². The molecule has 0 radical (unpaired) electrons. The highest BCUT2D eigenvalue weighted by atomic mass is 16.5. The zero-order valence-corrected chi connectivity index (χ0v) is 10.4. The molecule has 0 aliphatic rings. The summed E-state index contributed by atoms with van der Waals surface area (Å²) in [5, 5.41) is 10.9. The van der Waals surface area contributed by atoms with E-state index in [2.05, 4.69) is 5.32 Å². The van der Waals surface area contributed by atoms with Crippen molar-refractivity contribution in [3.8, 4) is 0 Å². The summed E-state index contributed by atoms with van der Waals surface area (Å²) in [6, 6.07) is -0.683.